The number of piperidine rings is 1. The van der Waals surface area contributed by atoms with Gasteiger partial charge in [0, 0.05) is 18.8 Å². The molecular formula is C20H23FN2O2. The van der Waals surface area contributed by atoms with Crippen molar-refractivity contribution in [1.29, 1.82) is 0 Å². The zero-order valence-corrected chi connectivity index (χ0v) is 14.2. The summed E-state index contributed by atoms with van der Waals surface area (Å²) in [6.45, 7) is 2.21. The molecule has 132 valence electrons. The quantitative estimate of drug-likeness (QED) is 0.854. The molecule has 2 aromatic rings. The molecule has 0 bridgehead atoms. The smallest absolute Gasteiger partial charge is 0.227 e. The number of nitrogens with zero attached hydrogens (tertiary/aromatic N) is 1. The number of amides is 1. The lowest BCUT2D eigenvalue weighted by atomic mass is 10.1. The third-order valence-corrected chi connectivity index (χ3v) is 4.29. The van der Waals surface area contributed by atoms with Crippen LogP contribution in [0.2, 0.25) is 0 Å². The van der Waals surface area contributed by atoms with Crippen molar-refractivity contribution in [2.45, 2.75) is 25.7 Å². The molecule has 2 aromatic carbocycles. The van der Waals surface area contributed by atoms with Crippen LogP contribution >= 0.6 is 0 Å². The fourth-order valence-electron chi connectivity index (χ4n) is 2.95. The molecular weight excluding hydrogens is 319 g/mol. The van der Waals surface area contributed by atoms with Crippen LogP contribution in [0.4, 0.5) is 15.8 Å². The molecule has 1 heterocycles. The van der Waals surface area contributed by atoms with E-state index in [4.69, 9.17) is 4.74 Å². The van der Waals surface area contributed by atoms with Gasteiger partial charge in [-0.25, -0.2) is 4.39 Å². The van der Waals surface area contributed by atoms with Crippen LogP contribution in [0.3, 0.4) is 0 Å². The van der Waals surface area contributed by atoms with Crippen molar-refractivity contribution in [3.05, 3.63) is 54.3 Å². The van der Waals surface area contributed by atoms with E-state index in [1.165, 1.54) is 12.5 Å². The highest BCUT2D eigenvalue weighted by molar-refractivity contribution is 5.91. The number of para-hydroxylation sites is 1. The van der Waals surface area contributed by atoms with E-state index in [9.17, 15) is 9.18 Å². The second-order valence-electron chi connectivity index (χ2n) is 6.17. The summed E-state index contributed by atoms with van der Waals surface area (Å²) in [5.41, 5.74) is 1.18. The Balaban J connectivity index is 1.55. The van der Waals surface area contributed by atoms with Crippen LogP contribution in [0.15, 0.2) is 48.5 Å². The first-order chi connectivity index (χ1) is 12.2. The van der Waals surface area contributed by atoms with Gasteiger partial charge in [0.2, 0.25) is 5.91 Å². The molecule has 0 radical (unpaired) electrons. The Labute approximate surface area is 147 Å². The molecule has 0 aromatic heterocycles. The van der Waals surface area contributed by atoms with Gasteiger partial charge in [0.05, 0.1) is 18.7 Å². The van der Waals surface area contributed by atoms with Crippen LogP contribution in [0.25, 0.3) is 0 Å². The Morgan fingerprint density at radius 3 is 2.60 bits per heavy atom. The van der Waals surface area contributed by atoms with Gasteiger partial charge >= 0.3 is 0 Å². The largest absolute Gasteiger partial charge is 0.493 e. The minimum Gasteiger partial charge on any atom is -0.493 e. The number of carbonyl (C=O) groups is 1. The van der Waals surface area contributed by atoms with E-state index in [0.717, 1.165) is 31.6 Å². The van der Waals surface area contributed by atoms with Gasteiger partial charge in [0.1, 0.15) is 11.6 Å². The molecule has 25 heavy (non-hydrogen) atoms. The lowest BCUT2D eigenvalue weighted by molar-refractivity contribution is -0.116. The topological polar surface area (TPSA) is 41.6 Å². The summed E-state index contributed by atoms with van der Waals surface area (Å²) in [6, 6.07) is 14.2. The molecule has 1 N–H and O–H groups in total. The maximum atomic E-state index is 14.0. The Hall–Kier alpha value is -2.56. The highest BCUT2D eigenvalue weighted by atomic mass is 19.1. The van der Waals surface area contributed by atoms with Crippen LogP contribution in [-0.2, 0) is 4.79 Å². The molecule has 0 unspecified atom stereocenters. The van der Waals surface area contributed by atoms with Crippen molar-refractivity contribution < 1.29 is 13.9 Å². The molecule has 3 rings (SSSR count). The second-order valence-corrected chi connectivity index (χ2v) is 6.17. The van der Waals surface area contributed by atoms with Gasteiger partial charge in [-0.1, -0.05) is 18.2 Å². The summed E-state index contributed by atoms with van der Waals surface area (Å²) < 4.78 is 19.5. The molecule has 0 aliphatic carbocycles. The van der Waals surface area contributed by atoms with Crippen LogP contribution in [-0.4, -0.2) is 25.6 Å². The fraction of sp³-hybridized carbons (Fsp3) is 0.350. The van der Waals surface area contributed by atoms with Crippen molar-refractivity contribution >= 4 is 17.3 Å². The summed E-state index contributed by atoms with van der Waals surface area (Å²) in [6.07, 6.45) is 3.71. The first-order valence-electron chi connectivity index (χ1n) is 8.74. The first-order valence-corrected chi connectivity index (χ1v) is 8.74. The van der Waals surface area contributed by atoms with Crippen molar-refractivity contribution in [1.82, 2.24) is 0 Å². The molecule has 0 atom stereocenters. The Morgan fingerprint density at radius 2 is 1.84 bits per heavy atom. The minimum absolute atomic E-state index is 0.169. The Bertz CT molecular complexity index is 700. The summed E-state index contributed by atoms with van der Waals surface area (Å²) in [4.78, 5) is 14.3. The van der Waals surface area contributed by atoms with E-state index in [1.807, 2.05) is 30.3 Å². The van der Waals surface area contributed by atoms with Gasteiger partial charge in [-0.15, -0.1) is 0 Å². The lowest BCUT2D eigenvalue weighted by Gasteiger charge is -2.29. The van der Waals surface area contributed by atoms with E-state index in [2.05, 4.69) is 10.2 Å². The predicted octanol–water partition coefficient (Wildman–Crippen LogP) is 4.22. The molecule has 0 spiro atoms. The minimum atomic E-state index is -0.418. The number of ether oxygens (including phenoxy) is 1. The number of anilines is 2. The van der Waals surface area contributed by atoms with E-state index >= 15 is 0 Å². The first kappa shape index (κ1) is 17.3. The zero-order chi connectivity index (χ0) is 17.5. The van der Waals surface area contributed by atoms with Gasteiger partial charge in [-0.3, -0.25) is 4.79 Å². The summed E-state index contributed by atoms with van der Waals surface area (Å²) in [7, 11) is 0. The van der Waals surface area contributed by atoms with Gasteiger partial charge in [0.25, 0.3) is 0 Å². The Morgan fingerprint density at radius 1 is 1.08 bits per heavy atom. The van der Waals surface area contributed by atoms with E-state index < -0.39 is 5.82 Å². The summed E-state index contributed by atoms with van der Waals surface area (Å²) >= 11 is 0. The average Bonchev–Trinajstić information content (AvgIpc) is 2.65. The number of carbonyl (C=O) groups excluding carboxylic acids is 1. The van der Waals surface area contributed by atoms with Crippen molar-refractivity contribution in [3.8, 4) is 5.75 Å². The molecule has 5 heteroatoms. The van der Waals surface area contributed by atoms with Crippen LogP contribution < -0.4 is 15.0 Å². The SMILES string of the molecule is O=C(CCOc1ccccc1)Nc1cc(N2CCCCC2)ccc1F. The second kappa shape index (κ2) is 8.51. The molecule has 1 fully saturated rings. The summed E-state index contributed by atoms with van der Waals surface area (Å²) in [5.74, 6) is 0.0392. The lowest BCUT2D eigenvalue weighted by Crippen LogP contribution is -2.29. The van der Waals surface area contributed by atoms with Crippen molar-refractivity contribution in [2.24, 2.45) is 0 Å². The molecule has 1 aliphatic heterocycles. The van der Waals surface area contributed by atoms with Crippen molar-refractivity contribution in [2.75, 3.05) is 29.9 Å². The fourth-order valence-corrected chi connectivity index (χ4v) is 2.95. The van der Waals surface area contributed by atoms with Crippen molar-refractivity contribution in [3.63, 3.8) is 0 Å². The third-order valence-electron chi connectivity index (χ3n) is 4.29. The average molecular weight is 342 g/mol. The van der Waals surface area contributed by atoms with E-state index in [1.54, 1.807) is 12.1 Å². The van der Waals surface area contributed by atoms with Gasteiger partial charge in [-0.05, 0) is 49.6 Å². The van der Waals surface area contributed by atoms with Crippen LogP contribution in [0.1, 0.15) is 25.7 Å². The van der Waals surface area contributed by atoms with Gasteiger partial charge in [-0.2, -0.15) is 0 Å². The Kier molecular flexibility index (Phi) is 5.88. The van der Waals surface area contributed by atoms with Gasteiger partial charge in [0.15, 0.2) is 0 Å². The normalized spacial score (nSPS) is 14.2. The molecule has 1 aliphatic rings. The number of rotatable bonds is 6. The number of benzene rings is 2. The highest BCUT2D eigenvalue weighted by Gasteiger charge is 2.14. The maximum Gasteiger partial charge on any atom is 0.227 e. The third kappa shape index (κ3) is 4.95. The number of hydrogen-bond acceptors (Lipinski definition) is 3. The molecule has 0 saturated carbocycles. The number of hydrogen-bond donors (Lipinski definition) is 1. The standard InChI is InChI=1S/C20H23FN2O2/c21-18-10-9-16(23-12-5-2-6-13-23)15-19(18)22-20(24)11-14-25-17-7-3-1-4-8-17/h1,3-4,7-10,15H,2,5-6,11-14H2,(H,22,24). The zero-order valence-electron chi connectivity index (χ0n) is 14.2. The van der Waals surface area contributed by atoms with E-state index in [-0.39, 0.29) is 24.6 Å². The molecule has 4 nitrogen and oxygen atoms in total. The van der Waals surface area contributed by atoms with Crippen LogP contribution in [0.5, 0.6) is 5.75 Å². The predicted molar refractivity (Wildman–Crippen MR) is 97.6 cm³/mol. The summed E-state index contributed by atoms with van der Waals surface area (Å²) in [5, 5.41) is 2.66. The molecule has 1 saturated heterocycles. The maximum absolute atomic E-state index is 14.0. The highest BCUT2D eigenvalue weighted by Crippen LogP contribution is 2.25. The monoisotopic (exact) mass is 342 g/mol. The van der Waals surface area contributed by atoms with Gasteiger partial charge < -0.3 is 15.0 Å². The molecule has 1 amide bonds. The van der Waals surface area contributed by atoms with E-state index in [0.29, 0.717) is 5.75 Å². The number of halogens is 1. The number of nitrogens with one attached hydrogen (secondary N) is 1. The van der Waals surface area contributed by atoms with Crippen LogP contribution in [0, 0.1) is 5.82 Å².